The summed E-state index contributed by atoms with van der Waals surface area (Å²) in [4.78, 5) is -0.300. The highest BCUT2D eigenvalue weighted by Gasteiger charge is 2.21. The standard InChI is InChI=1S/C12H8Br2O4S/c13-9-6-7-10(19(15,16)17)12(11(9)14)18-8-4-2-1-3-5-8/h1-7H,(H,15,16,17). The molecule has 19 heavy (non-hydrogen) atoms. The average Bonchev–Trinajstić information content (AvgIpc) is 2.35. The smallest absolute Gasteiger partial charge is 0.298 e. The lowest BCUT2D eigenvalue weighted by Gasteiger charge is -2.12. The second-order valence-corrected chi connectivity index (χ2v) is 6.62. The summed E-state index contributed by atoms with van der Waals surface area (Å²) in [7, 11) is -4.37. The maximum Gasteiger partial charge on any atom is 0.298 e. The van der Waals surface area contributed by atoms with Crippen LogP contribution in [0.3, 0.4) is 0 Å². The summed E-state index contributed by atoms with van der Waals surface area (Å²) in [6.07, 6.45) is 0. The van der Waals surface area contributed by atoms with Gasteiger partial charge in [0.25, 0.3) is 10.1 Å². The molecular formula is C12H8Br2O4S. The van der Waals surface area contributed by atoms with Crippen LogP contribution in [-0.2, 0) is 10.1 Å². The third kappa shape index (κ3) is 3.36. The van der Waals surface area contributed by atoms with Gasteiger partial charge < -0.3 is 4.74 Å². The molecule has 2 rings (SSSR count). The third-order valence-corrected chi connectivity index (χ3v) is 5.11. The summed E-state index contributed by atoms with van der Waals surface area (Å²) in [5, 5.41) is 0. The first-order chi connectivity index (χ1) is 8.89. The molecule has 0 radical (unpaired) electrons. The number of ether oxygens (including phenoxy) is 1. The van der Waals surface area contributed by atoms with Crippen LogP contribution in [0, 0.1) is 0 Å². The summed E-state index contributed by atoms with van der Waals surface area (Å²) >= 11 is 6.49. The largest absolute Gasteiger partial charge is 0.455 e. The van der Waals surface area contributed by atoms with Gasteiger partial charge in [-0.2, -0.15) is 8.42 Å². The maximum atomic E-state index is 11.3. The van der Waals surface area contributed by atoms with Crippen LogP contribution in [0.25, 0.3) is 0 Å². The predicted molar refractivity (Wildman–Crippen MR) is 78.2 cm³/mol. The van der Waals surface area contributed by atoms with E-state index in [4.69, 9.17) is 4.74 Å². The van der Waals surface area contributed by atoms with Gasteiger partial charge in [-0.15, -0.1) is 0 Å². The fourth-order valence-electron chi connectivity index (χ4n) is 1.42. The zero-order valence-corrected chi connectivity index (χ0v) is 13.4. The molecule has 0 aliphatic heterocycles. The van der Waals surface area contributed by atoms with E-state index < -0.39 is 10.1 Å². The Bertz CT molecular complexity index is 699. The Morgan fingerprint density at radius 3 is 2.21 bits per heavy atom. The molecule has 2 aromatic rings. The second kappa shape index (κ2) is 5.62. The second-order valence-electron chi connectivity index (χ2n) is 3.58. The molecule has 0 saturated carbocycles. The Kier molecular flexibility index (Phi) is 4.29. The van der Waals surface area contributed by atoms with E-state index in [1.807, 2.05) is 6.07 Å². The van der Waals surface area contributed by atoms with Gasteiger partial charge >= 0.3 is 0 Å². The van der Waals surface area contributed by atoms with Gasteiger partial charge in [0.05, 0.1) is 4.47 Å². The van der Waals surface area contributed by atoms with Gasteiger partial charge in [-0.3, -0.25) is 4.55 Å². The average molecular weight is 408 g/mol. The predicted octanol–water partition coefficient (Wildman–Crippen LogP) is 4.25. The van der Waals surface area contributed by atoms with Crippen LogP contribution in [0.5, 0.6) is 11.5 Å². The first kappa shape index (κ1) is 14.5. The number of halogens is 2. The van der Waals surface area contributed by atoms with Crippen molar-refractivity contribution in [2.24, 2.45) is 0 Å². The van der Waals surface area contributed by atoms with Gasteiger partial charge in [0.1, 0.15) is 10.6 Å². The van der Waals surface area contributed by atoms with Gasteiger partial charge in [-0.05, 0) is 56.1 Å². The highest BCUT2D eigenvalue weighted by atomic mass is 79.9. The molecule has 0 amide bonds. The molecule has 100 valence electrons. The quantitative estimate of drug-likeness (QED) is 0.772. The van der Waals surface area contributed by atoms with E-state index >= 15 is 0 Å². The molecule has 7 heteroatoms. The van der Waals surface area contributed by atoms with Crippen LogP contribution in [-0.4, -0.2) is 13.0 Å². The van der Waals surface area contributed by atoms with Gasteiger partial charge in [0.2, 0.25) is 0 Å². The van der Waals surface area contributed by atoms with E-state index in [2.05, 4.69) is 31.9 Å². The number of rotatable bonds is 3. The zero-order valence-electron chi connectivity index (χ0n) is 9.38. The third-order valence-electron chi connectivity index (χ3n) is 2.25. The number of benzene rings is 2. The van der Waals surface area contributed by atoms with E-state index in [0.29, 0.717) is 14.7 Å². The molecule has 0 fully saturated rings. The highest BCUT2D eigenvalue weighted by molar-refractivity contribution is 9.13. The van der Waals surface area contributed by atoms with Crippen molar-refractivity contribution < 1.29 is 17.7 Å². The maximum absolute atomic E-state index is 11.3. The highest BCUT2D eigenvalue weighted by Crippen LogP contribution is 2.40. The topological polar surface area (TPSA) is 63.6 Å². The van der Waals surface area contributed by atoms with Crippen LogP contribution < -0.4 is 4.74 Å². The van der Waals surface area contributed by atoms with E-state index in [0.717, 1.165) is 0 Å². The Morgan fingerprint density at radius 1 is 1.00 bits per heavy atom. The fourth-order valence-corrected chi connectivity index (χ4v) is 2.91. The Hall–Kier alpha value is -0.890. The minimum atomic E-state index is -4.37. The molecule has 1 N–H and O–H groups in total. The summed E-state index contributed by atoms with van der Waals surface area (Å²) in [6, 6.07) is 11.5. The Balaban J connectivity index is 2.58. The van der Waals surface area contributed by atoms with E-state index in [1.54, 1.807) is 24.3 Å². The normalized spacial score (nSPS) is 11.3. The number of hydrogen-bond donors (Lipinski definition) is 1. The monoisotopic (exact) mass is 406 g/mol. The molecule has 0 aromatic heterocycles. The van der Waals surface area contributed by atoms with Crippen molar-refractivity contribution in [3.8, 4) is 11.5 Å². The summed E-state index contributed by atoms with van der Waals surface area (Å²) in [5.41, 5.74) is 0. The van der Waals surface area contributed by atoms with Crippen molar-refractivity contribution >= 4 is 42.0 Å². The van der Waals surface area contributed by atoms with Crippen LogP contribution in [0.2, 0.25) is 0 Å². The lowest BCUT2D eigenvalue weighted by Crippen LogP contribution is -2.02. The molecular weight excluding hydrogens is 400 g/mol. The van der Waals surface area contributed by atoms with Crippen molar-refractivity contribution in [1.29, 1.82) is 0 Å². The Morgan fingerprint density at radius 2 is 1.63 bits per heavy atom. The van der Waals surface area contributed by atoms with Crippen molar-refractivity contribution in [1.82, 2.24) is 0 Å². The van der Waals surface area contributed by atoms with Crippen molar-refractivity contribution in [3.05, 3.63) is 51.4 Å². The van der Waals surface area contributed by atoms with Crippen LogP contribution in [0.1, 0.15) is 0 Å². The minimum absolute atomic E-state index is 0.0306. The van der Waals surface area contributed by atoms with E-state index in [1.165, 1.54) is 12.1 Å². The van der Waals surface area contributed by atoms with Crippen molar-refractivity contribution in [2.45, 2.75) is 4.90 Å². The first-order valence-electron chi connectivity index (χ1n) is 5.08. The molecule has 4 nitrogen and oxygen atoms in total. The summed E-state index contributed by atoms with van der Waals surface area (Å²) in [5.74, 6) is 0.495. The SMILES string of the molecule is O=S(=O)(O)c1ccc(Br)c(Br)c1Oc1ccccc1. The van der Waals surface area contributed by atoms with Crippen molar-refractivity contribution in [3.63, 3.8) is 0 Å². The van der Waals surface area contributed by atoms with Crippen LogP contribution >= 0.6 is 31.9 Å². The molecule has 0 heterocycles. The van der Waals surface area contributed by atoms with Crippen molar-refractivity contribution in [2.75, 3.05) is 0 Å². The zero-order chi connectivity index (χ0) is 14.0. The lowest BCUT2D eigenvalue weighted by molar-refractivity contribution is 0.447. The Labute approximate surface area is 127 Å². The molecule has 0 aliphatic carbocycles. The van der Waals surface area contributed by atoms with E-state index in [-0.39, 0.29) is 10.6 Å². The molecule has 0 saturated heterocycles. The number of hydrogen-bond acceptors (Lipinski definition) is 3. The molecule has 2 aromatic carbocycles. The fraction of sp³-hybridized carbons (Fsp3) is 0. The lowest BCUT2D eigenvalue weighted by atomic mass is 10.3. The molecule has 0 unspecified atom stereocenters. The van der Waals surface area contributed by atoms with Crippen LogP contribution in [0.15, 0.2) is 56.3 Å². The van der Waals surface area contributed by atoms with Crippen LogP contribution in [0.4, 0.5) is 0 Å². The van der Waals surface area contributed by atoms with Gasteiger partial charge in [0.15, 0.2) is 5.75 Å². The molecule has 0 spiro atoms. The van der Waals surface area contributed by atoms with Gasteiger partial charge in [-0.1, -0.05) is 18.2 Å². The molecule has 0 bridgehead atoms. The minimum Gasteiger partial charge on any atom is -0.455 e. The first-order valence-corrected chi connectivity index (χ1v) is 8.10. The summed E-state index contributed by atoms with van der Waals surface area (Å²) in [6.45, 7) is 0. The summed E-state index contributed by atoms with van der Waals surface area (Å²) < 4.78 is 38.5. The molecule has 0 atom stereocenters. The van der Waals surface area contributed by atoms with E-state index in [9.17, 15) is 13.0 Å². The number of para-hydroxylation sites is 1. The molecule has 0 aliphatic rings. The van der Waals surface area contributed by atoms with Gasteiger partial charge in [0, 0.05) is 4.47 Å². The van der Waals surface area contributed by atoms with Gasteiger partial charge in [-0.25, -0.2) is 0 Å².